The van der Waals surface area contributed by atoms with Crippen LogP contribution < -0.4 is 4.74 Å². The van der Waals surface area contributed by atoms with Gasteiger partial charge >= 0.3 is 6.18 Å². The summed E-state index contributed by atoms with van der Waals surface area (Å²) < 4.78 is 59.0. The molecule has 0 unspecified atom stereocenters. The first-order valence-electron chi connectivity index (χ1n) is 7.73. The molecule has 0 aliphatic heterocycles. The number of hydrogen-bond acceptors (Lipinski definition) is 2. The van der Waals surface area contributed by atoms with E-state index in [2.05, 4.69) is 18.8 Å². The molecule has 1 heterocycles. The Morgan fingerprint density at radius 3 is 2.52 bits per heavy atom. The summed E-state index contributed by atoms with van der Waals surface area (Å²) in [5.41, 5.74) is 0.527. The van der Waals surface area contributed by atoms with E-state index in [1.54, 1.807) is 24.5 Å². The second kappa shape index (κ2) is 6.38. The standard InChI is InChI=1S/C18H16F4N2O/c1-11(2)9-24-10-23-15-8-13(4-5-16(15)24)25-17-6-3-12(7-14(17)19)18(20,21)22/h3-8,10-11H,9H2,1-2H3. The van der Waals surface area contributed by atoms with Crippen LogP contribution in [0.25, 0.3) is 11.0 Å². The van der Waals surface area contributed by atoms with Gasteiger partial charge in [0.1, 0.15) is 5.75 Å². The molecular formula is C18H16F4N2O. The summed E-state index contributed by atoms with van der Waals surface area (Å²) >= 11 is 0. The van der Waals surface area contributed by atoms with E-state index in [1.807, 2.05) is 4.57 Å². The highest BCUT2D eigenvalue weighted by molar-refractivity contribution is 5.77. The van der Waals surface area contributed by atoms with Crippen molar-refractivity contribution in [3.05, 3.63) is 54.1 Å². The monoisotopic (exact) mass is 352 g/mol. The van der Waals surface area contributed by atoms with Crippen LogP contribution in [0.4, 0.5) is 17.6 Å². The van der Waals surface area contributed by atoms with E-state index in [-0.39, 0.29) is 5.75 Å². The van der Waals surface area contributed by atoms with Crippen LogP contribution >= 0.6 is 0 Å². The van der Waals surface area contributed by atoms with Gasteiger partial charge in [-0.05, 0) is 36.2 Å². The molecule has 0 radical (unpaired) electrons. The van der Waals surface area contributed by atoms with E-state index < -0.39 is 17.6 Å². The summed E-state index contributed by atoms with van der Waals surface area (Å²) in [5, 5.41) is 0. The highest BCUT2D eigenvalue weighted by atomic mass is 19.4. The number of imidazole rings is 1. The van der Waals surface area contributed by atoms with Crippen molar-refractivity contribution < 1.29 is 22.3 Å². The van der Waals surface area contributed by atoms with Crippen LogP contribution in [0, 0.1) is 11.7 Å². The minimum absolute atomic E-state index is 0.269. The number of benzene rings is 2. The number of halogens is 4. The lowest BCUT2D eigenvalue weighted by molar-refractivity contribution is -0.137. The predicted molar refractivity (Wildman–Crippen MR) is 86.0 cm³/mol. The Morgan fingerprint density at radius 2 is 1.88 bits per heavy atom. The Hall–Kier alpha value is -2.57. The molecule has 1 aromatic heterocycles. The molecular weight excluding hydrogens is 336 g/mol. The zero-order valence-electron chi connectivity index (χ0n) is 13.6. The molecule has 3 nitrogen and oxygen atoms in total. The minimum atomic E-state index is -4.60. The quantitative estimate of drug-likeness (QED) is 0.568. The minimum Gasteiger partial charge on any atom is -0.454 e. The molecule has 0 bridgehead atoms. The van der Waals surface area contributed by atoms with E-state index in [0.717, 1.165) is 24.2 Å². The first-order valence-corrected chi connectivity index (χ1v) is 7.73. The Balaban J connectivity index is 1.86. The first-order chi connectivity index (χ1) is 11.7. The van der Waals surface area contributed by atoms with Gasteiger partial charge in [-0.3, -0.25) is 0 Å². The van der Waals surface area contributed by atoms with Crippen molar-refractivity contribution in [2.75, 3.05) is 0 Å². The molecule has 0 saturated carbocycles. The highest BCUT2D eigenvalue weighted by Gasteiger charge is 2.31. The van der Waals surface area contributed by atoms with Crippen LogP contribution in [0.3, 0.4) is 0 Å². The van der Waals surface area contributed by atoms with Crippen LogP contribution in [0.1, 0.15) is 19.4 Å². The third kappa shape index (κ3) is 3.75. The summed E-state index contributed by atoms with van der Waals surface area (Å²) in [7, 11) is 0. The van der Waals surface area contributed by atoms with Gasteiger partial charge < -0.3 is 9.30 Å². The molecule has 0 aliphatic rings. The number of fused-ring (bicyclic) bond motifs is 1. The lowest BCUT2D eigenvalue weighted by Crippen LogP contribution is -2.05. The highest BCUT2D eigenvalue weighted by Crippen LogP contribution is 2.33. The average Bonchev–Trinajstić information content (AvgIpc) is 2.90. The molecule has 2 aromatic carbocycles. The molecule has 0 N–H and O–H groups in total. The van der Waals surface area contributed by atoms with Crippen molar-refractivity contribution in [1.82, 2.24) is 9.55 Å². The molecule has 0 atom stereocenters. The van der Waals surface area contributed by atoms with Gasteiger partial charge in [-0.2, -0.15) is 13.2 Å². The molecule has 7 heteroatoms. The third-order valence-electron chi connectivity index (χ3n) is 3.64. The molecule has 3 rings (SSSR count). The Bertz CT molecular complexity index is 900. The normalized spacial score (nSPS) is 12.1. The topological polar surface area (TPSA) is 27.1 Å². The Kier molecular flexibility index (Phi) is 4.41. The van der Waals surface area contributed by atoms with E-state index in [1.165, 1.54) is 0 Å². The van der Waals surface area contributed by atoms with Crippen molar-refractivity contribution in [2.24, 2.45) is 5.92 Å². The van der Waals surface area contributed by atoms with Gasteiger partial charge in [0.05, 0.1) is 22.9 Å². The Labute approximate surface area is 141 Å². The van der Waals surface area contributed by atoms with Crippen LogP contribution in [0.5, 0.6) is 11.5 Å². The number of alkyl halides is 3. The van der Waals surface area contributed by atoms with Crippen molar-refractivity contribution >= 4 is 11.0 Å². The van der Waals surface area contributed by atoms with Crippen LogP contribution in [0.2, 0.25) is 0 Å². The number of hydrogen-bond donors (Lipinski definition) is 0. The van der Waals surface area contributed by atoms with Crippen molar-refractivity contribution in [3.8, 4) is 11.5 Å². The van der Waals surface area contributed by atoms with Crippen molar-refractivity contribution in [1.29, 1.82) is 0 Å². The predicted octanol–water partition coefficient (Wildman–Crippen LogP) is 5.64. The number of aromatic nitrogens is 2. The van der Waals surface area contributed by atoms with Crippen LogP contribution in [0.15, 0.2) is 42.7 Å². The zero-order valence-corrected chi connectivity index (χ0v) is 13.6. The maximum atomic E-state index is 13.9. The molecule has 0 saturated heterocycles. The smallest absolute Gasteiger partial charge is 0.416 e. The molecule has 25 heavy (non-hydrogen) atoms. The fourth-order valence-electron chi connectivity index (χ4n) is 2.53. The molecule has 0 spiro atoms. The van der Waals surface area contributed by atoms with Gasteiger partial charge in [-0.15, -0.1) is 0 Å². The number of rotatable bonds is 4. The third-order valence-corrected chi connectivity index (χ3v) is 3.64. The van der Waals surface area contributed by atoms with Gasteiger partial charge in [0.2, 0.25) is 0 Å². The molecule has 132 valence electrons. The van der Waals surface area contributed by atoms with Crippen LogP contribution in [-0.4, -0.2) is 9.55 Å². The zero-order chi connectivity index (χ0) is 18.2. The van der Waals surface area contributed by atoms with E-state index >= 15 is 0 Å². The van der Waals surface area contributed by atoms with Crippen LogP contribution in [-0.2, 0) is 12.7 Å². The average molecular weight is 352 g/mol. The Morgan fingerprint density at radius 1 is 1.12 bits per heavy atom. The second-order valence-corrected chi connectivity index (χ2v) is 6.19. The lowest BCUT2D eigenvalue weighted by Gasteiger charge is -2.11. The number of ether oxygens (including phenoxy) is 1. The fraction of sp³-hybridized carbons (Fsp3) is 0.278. The molecule has 3 aromatic rings. The van der Waals surface area contributed by atoms with Crippen molar-refractivity contribution in [2.45, 2.75) is 26.6 Å². The summed E-state index contributed by atoms with van der Waals surface area (Å²) in [6.45, 7) is 5.00. The fourth-order valence-corrected chi connectivity index (χ4v) is 2.53. The summed E-state index contributed by atoms with van der Waals surface area (Å²) in [6, 6.07) is 7.24. The van der Waals surface area contributed by atoms with Gasteiger partial charge in [0, 0.05) is 12.6 Å². The van der Waals surface area contributed by atoms with E-state index in [0.29, 0.717) is 23.3 Å². The second-order valence-electron chi connectivity index (χ2n) is 6.19. The maximum absolute atomic E-state index is 13.9. The van der Waals surface area contributed by atoms with Gasteiger partial charge in [0.15, 0.2) is 11.6 Å². The van der Waals surface area contributed by atoms with Gasteiger partial charge in [-0.1, -0.05) is 13.8 Å². The van der Waals surface area contributed by atoms with Crippen molar-refractivity contribution in [3.63, 3.8) is 0 Å². The first kappa shape index (κ1) is 17.3. The molecule has 0 amide bonds. The van der Waals surface area contributed by atoms with Gasteiger partial charge in [0.25, 0.3) is 0 Å². The largest absolute Gasteiger partial charge is 0.454 e. The summed E-state index contributed by atoms with van der Waals surface area (Å²) in [6.07, 6.45) is -2.88. The maximum Gasteiger partial charge on any atom is 0.416 e. The SMILES string of the molecule is CC(C)Cn1cnc2cc(Oc3ccc(C(F)(F)F)cc3F)ccc21. The van der Waals surface area contributed by atoms with Gasteiger partial charge in [-0.25, -0.2) is 9.37 Å². The van der Waals surface area contributed by atoms with E-state index in [4.69, 9.17) is 4.74 Å². The summed E-state index contributed by atoms with van der Waals surface area (Å²) in [5.74, 6) is -0.579. The summed E-state index contributed by atoms with van der Waals surface area (Å²) in [4.78, 5) is 4.28. The van der Waals surface area contributed by atoms with E-state index in [9.17, 15) is 17.6 Å². The molecule has 0 aliphatic carbocycles. The number of nitrogens with zero attached hydrogens (tertiary/aromatic N) is 2. The molecule has 0 fully saturated rings. The lowest BCUT2D eigenvalue weighted by atomic mass is 10.2.